The van der Waals surface area contributed by atoms with Crippen molar-refractivity contribution < 1.29 is 0 Å². The number of rotatable bonds is 1. The molecule has 0 saturated heterocycles. The lowest BCUT2D eigenvalue weighted by atomic mass is 9.40. The highest BCUT2D eigenvalue weighted by Gasteiger charge is 2.33. The van der Waals surface area contributed by atoms with Crippen LogP contribution >= 0.6 is 54.5 Å². The molecule has 0 N–H and O–H groups in total. The maximum Gasteiger partial charge on any atom is 0.268 e. The SMILES string of the molecule is Cc1cc(C)c(B2c3sc(Br)cc3C=Cc3cc(Br)sc32)c(C)c1. The van der Waals surface area contributed by atoms with Gasteiger partial charge >= 0.3 is 0 Å². The number of hydrogen-bond donors (Lipinski definition) is 0. The third kappa shape index (κ3) is 2.80. The second-order valence-corrected chi connectivity index (χ2v) is 11.2. The molecule has 0 fully saturated rings. The van der Waals surface area contributed by atoms with E-state index in [9.17, 15) is 0 Å². The summed E-state index contributed by atoms with van der Waals surface area (Å²) in [5.41, 5.74) is 8.21. The second-order valence-electron chi connectivity index (χ2n) is 6.32. The van der Waals surface area contributed by atoms with Crippen LogP contribution in [-0.2, 0) is 0 Å². The molecule has 0 bridgehead atoms. The number of thiophene rings is 2. The smallest absolute Gasteiger partial charge is 0.142 e. The zero-order valence-electron chi connectivity index (χ0n) is 13.6. The van der Waals surface area contributed by atoms with Gasteiger partial charge in [0, 0.05) is 0 Å². The van der Waals surface area contributed by atoms with Crippen LogP contribution in [0.3, 0.4) is 0 Å². The van der Waals surface area contributed by atoms with Crippen molar-refractivity contribution in [1.29, 1.82) is 0 Å². The highest BCUT2D eigenvalue weighted by Crippen LogP contribution is 2.28. The van der Waals surface area contributed by atoms with E-state index in [-0.39, 0.29) is 0 Å². The summed E-state index contributed by atoms with van der Waals surface area (Å²) >= 11 is 11.1. The minimum Gasteiger partial charge on any atom is -0.142 e. The third-order valence-electron chi connectivity index (χ3n) is 4.52. The summed E-state index contributed by atoms with van der Waals surface area (Å²) in [6.07, 6.45) is 4.51. The minimum atomic E-state index is 0.304. The maximum absolute atomic E-state index is 3.69. The van der Waals surface area contributed by atoms with Crippen molar-refractivity contribution in [2.24, 2.45) is 0 Å². The van der Waals surface area contributed by atoms with Crippen LogP contribution in [0.1, 0.15) is 27.8 Å². The van der Waals surface area contributed by atoms with Crippen LogP contribution < -0.4 is 15.0 Å². The molecular weight excluding hydrogens is 463 g/mol. The third-order valence-corrected chi connectivity index (χ3v) is 7.95. The monoisotopic (exact) mass is 476 g/mol. The molecular formula is C19H15BBr2S2. The summed E-state index contributed by atoms with van der Waals surface area (Å²) in [6, 6.07) is 9.11. The average molecular weight is 478 g/mol. The Balaban J connectivity index is 2.05. The van der Waals surface area contributed by atoms with E-state index >= 15 is 0 Å². The van der Waals surface area contributed by atoms with Crippen molar-refractivity contribution in [2.45, 2.75) is 20.8 Å². The average Bonchev–Trinajstić information content (AvgIpc) is 3.00. The summed E-state index contributed by atoms with van der Waals surface area (Å²) in [5, 5.41) is 0. The normalized spacial score (nSPS) is 13.0. The van der Waals surface area contributed by atoms with E-state index in [1.54, 1.807) is 0 Å². The number of aryl methyl sites for hydroxylation is 3. The molecule has 0 unspecified atom stereocenters. The molecule has 1 aliphatic heterocycles. The lowest BCUT2D eigenvalue weighted by Gasteiger charge is -2.19. The van der Waals surface area contributed by atoms with Crippen LogP contribution in [0.25, 0.3) is 12.2 Å². The molecule has 1 aromatic carbocycles. The van der Waals surface area contributed by atoms with Gasteiger partial charge in [0.1, 0.15) is 0 Å². The Morgan fingerprint density at radius 3 is 1.67 bits per heavy atom. The quantitative estimate of drug-likeness (QED) is 0.328. The Bertz CT molecular complexity index is 908. The van der Waals surface area contributed by atoms with Crippen molar-refractivity contribution in [3.63, 3.8) is 0 Å². The standard InChI is InChI=1S/C19H15BBr2S2/c1-10-6-11(2)17(12(3)7-10)20-18-13(8-15(21)23-18)4-5-14-9-16(22)24-19(14)20/h4-9H,1-3H3. The predicted molar refractivity (Wildman–Crippen MR) is 118 cm³/mol. The topological polar surface area (TPSA) is 0 Å². The van der Waals surface area contributed by atoms with E-state index in [0.29, 0.717) is 6.71 Å². The molecule has 4 rings (SSSR count). The van der Waals surface area contributed by atoms with Gasteiger partial charge in [0.25, 0.3) is 6.71 Å². The molecule has 24 heavy (non-hydrogen) atoms. The van der Waals surface area contributed by atoms with Crippen LogP contribution in [0, 0.1) is 20.8 Å². The van der Waals surface area contributed by atoms with Gasteiger partial charge in [0.05, 0.1) is 7.57 Å². The first-order valence-electron chi connectivity index (χ1n) is 7.78. The largest absolute Gasteiger partial charge is 0.268 e. The number of halogens is 2. The van der Waals surface area contributed by atoms with Gasteiger partial charge in [-0.15, -0.1) is 22.7 Å². The van der Waals surface area contributed by atoms with Gasteiger partial charge in [0.15, 0.2) is 0 Å². The van der Waals surface area contributed by atoms with E-state index in [4.69, 9.17) is 0 Å². The summed E-state index contributed by atoms with van der Waals surface area (Å²) < 4.78 is 5.26. The molecule has 0 saturated carbocycles. The first-order chi connectivity index (χ1) is 11.4. The van der Waals surface area contributed by atoms with E-state index in [1.165, 1.54) is 50.4 Å². The molecule has 0 radical (unpaired) electrons. The zero-order valence-corrected chi connectivity index (χ0v) is 18.4. The molecule has 0 atom stereocenters. The lowest BCUT2D eigenvalue weighted by Crippen LogP contribution is -2.53. The zero-order chi connectivity index (χ0) is 17.0. The Kier molecular flexibility index (Phi) is 4.40. The van der Waals surface area contributed by atoms with Crippen molar-refractivity contribution in [2.75, 3.05) is 0 Å². The van der Waals surface area contributed by atoms with E-state index in [1.807, 2.05) is 22.7 Å². The van der Waals surface area contributed by atoms with Gasteiger partial charge in [-0.1, -0.05) is 46.4 Å². The summed E-state index contributed by atoms with van der Waals surface area (Å²) in [4.78, 5) is 0. The Labute approximate surface area is 168 Å². The van der Waals surface area contributed by atoms with Crippen molar-refractivity contribution in [3.05, 3.63) is 59.7 Å². The van der Waals surface area contributed by atoms with E-state index in [0.717, 1.165) is 0 Å². The number of hydrogen-bond acceptors (Lipinski definition) is 2. The molecule has 3 heterocycles. The fourth-order valence-corrected chi connectivity index (χ4v) is 7.30. The van der Waals surface area contributed by atoms with Crippen LogP contribution in [0.15, 0.2) is 31.8 Å². The van der Waals surface area contributed by atoms with Gasteiger partial charge in [-0.2, -0.15) is 0 Å². The number of benzene rings is 1. The van der Waals surface area contributed by atoms with E-state index < -0.39 is 0 Å². The van der Waals surface area contributed by atoms with Crippen LogP contribution in [0.2, 0.25) is 0 Å². The van der Waals surface area contributed by atoms with Gasteiger partial charge in [-0.25, -0.2) is 0 Å². The Hall–Kier alpha value is -0.615. The molecule has 1 aliphatic rings. The first-order valence-corrected chi connectivity index (χ1v) is 11.0. The molecule has 2 aromatic heterocycles. The van der Waals surface area contributed by atoms with Crippen LogP contribution in [0.5, 0.6) is 0 Å². The van der Waals surface area contributed by atoms with Crippen LogP contribution in [0.4, 0.5) is 0 Å². The maximum atomic E-state index is 3.69. The fourth-order valence-electron chi connectivity index (χ4n) is 3.69. The van der Waals surface area contributed by atoms with Crippen molar-refractivity contribution in [1.82, 2.24) is 0 Å². The molecule has 0 amide bonds. The fraction of sp³-hybridized carbons (Fsp3) is 0.158. The second kappa shape index (κ2) is 6.28. The van der Waals surface area contributed by atoms with Crippen LogP contribution in [-0.4, -0.2) is 6.71 Å². The van der Waals surface area contributed by atoms with Gasteiger partial charge < -0.3 is 0 Å². The molecule has 120 valence electrons. The summed E-state index contributed by atoms with van der Waals surface area (Å²) in [6.45, 7) is 6.98. The number of fused-ring (bicyclic) bond motifs is 2. The minimum absolute atomic E-state index is 0.304. The molecule has 3 aromatic rings. The van der Waals surface area contributed by atoms with E-state index in [2.05, 4.69) is 89.0 Å². The molecule has 0 spiro atoms. The predicted octanol–water partition coefficient (Wildman–Crippen LogP) is 5.26. The first kappa shape index (κ1) is 16.8. The van der Waals surface area contributed by atoms with Crippen molar-refractivity contribution in [3.8, 4) is 0 Å². The summed E-state index contributed by atoms with van der Waals surface area (Å²) in [5.74, 6) is 0. The lowest BCUT2D eigenvalue weighted by molar-refractivity contribution is 1.35. The summed E-state index contributed by atoms with van der Waals surface area (Å²) in [7, 11) is 0. The Morgan fingerprint density at radius 1 is 0.750 bits per heavy atom. The van der Waals surface area contributed by atoms with Gasteiger partial charge in [0.2, 0.25) is 0 Å². The van der Waals surface area contributed by atoms with Crippen molar-refractivity contribution >= 4 is 88.4 Å². The molecule has 0 nitrogen and oxygen atoms in total. The Morgan fingerprint density at radius 2 is 1.21 bits per heavy atom. The van der Waals surface area contributed by atoms with Gasteiger partial charge in [-0.3, -0.25) is 0 Å². The van der Waals surface area contributed by atoms with Gasteiger partial charge in [-0.05, 0) is 85.4 Å². The molecule has 0 aliphatic carbocycles. The molecule has 5 heteroatoms. The highest BCUT2D eigenvalue weighted by molar-refractivity contribution is 9.11. The highest BCUT2D eigenvalue weighted by atomic mass is 79.9.